The van der Waals surface area contributed by atoms with E-state index in [4.69, 9.17) is 22.3 Å². The number of hydrogen-bond acceptors (Lipinski definition) is 6. The van der Waals surface area contributed by atoms with Crippen LogP contribution < -0.4 is 21.3 Å². The molecule has 9 heteroatoms. The summed E-state index contributed by atoms with van der Waals surface area (Å²) in [5.74, 6) is 1.42. The van der Waals surface area contributed by atoms with Crippen LogP contribution in [0, 0.1) is 0 Å². The second-order valence-electron chi connectivity index (χ2n) is 7.49. The Kier molecular flexibility index (Phi) is 8.99. The monoisotopic (exact) mass is 452 g/mol. The predicted octanol–water partition coefficient (Wildman–Crippen LogP) is 4.33. The highest BCUT2D eigenvalue weighted by Gasteiger charge is 2.22. The van der Waals surface area contributed by atoms with Crippen LogP contribution in [-0.4, -0.2) is 35.0 Å². The lowest BCUT2D eigenvalue weighted by atomic mass is 10.1. The first-order valence-electron chi connectivity index (χ1n) is 10.2. The van der Waals surface area contributed by atoms with Crippen LogP contribution in [0.25, 0.3) is 0 Å². The Balaban J connectivity index is 0.00000320. The highest BCUT2D eigenvalue weighted by molar-refractivity contribution is 6.33. The minimum Gasteiger partial charge on any atom is -0.397 e. The molecule has 1 aromatic carbocycles. The molecule has 3 rings (SSSR count). The Bertz CT molecular complexity index is 863. The number of aryl methyl sites for hydroxylation is 1. The lowest BCUT2D eigenvalue weighted by Gasteiger charge is -2.34. The number of piperidine rings is 1. The Morgan fingerprint density at radius 1 is 1.33 bits per heavy atom. The minimum absolute atomic E-state index is 0. The average molecular weight is 453 g/mol. The van der Waals surface area contributed by atoms with E-state index in [0.29, 0.717) is 16.7 Å². The first-order valence-corrected chi connectivity index (χ1v) is 10.5. The first-order chi connectivity index (χ1) is 13.9. The molecular formula is C21H30Cl2N6O. The number of benzene rings is 1. The van der Waals surface area contributed by atoms with E-state index in [1.165, 1.54) is 0 Å². The largest absolute Gasteiger partial charge is 0.397 e. The zero-order valence-electron chi connectivity index (χ0n) is 17.4. The van der Waals surface area contributed by atoms with Gasteiger partial charge in [0.1, 0.15) is 5.82 Å². The summed E-state index contributed by atoms with van der Waals surface area (Å²) in [6, 6.07) is 7.59. The second kappa shape index (κ2) is 11.2. The number of carbonyl (C=O) groups excluding carboxylic acids is 1. The molecule has 7 nitrogen and oxygen atoms in total. The number of halogens is 2. The SMILES string of the molecule is CCCCc1cc(N2CCC[C@@H](NC(C)=O)C2)nc(Nc2ccc(Cl)c(N)c2)n1.Cl. The maximum atomic E-state index is 11.5. The number of nitrogens with two attached hydrogens (primary N) is 1. The zero-order chi connectivity index (χ0) is 20.8. The van der Waals surface area contributed by atoms with Gasteiger partial charge in [-0.15, -0.1) is 12.4 Å². The summed E-state index contributed by atoms with van der Waals surface area (Å²) in [4.78, 5) is 23.1. The molecule has 1 aromatic heterocycles. The Hall–Kier alpha value is -2.25. The van der Waals surface area contributed by atoms with Gasteiger partial charge in [-0.25, -0.2) is 4.98 Å². The zero-order valence-corrected chi connectivity index (χ0v) is 19.0. The van der Waals surface area contributed by atoms with Crippen LogP contribution in [0.15, 0.2) is 24.3 Å². The molecule has 1 aliphatic rings. The Morgan fingerprint density at radius 3 is 2.83 bits per heavy atom. The maximum absolute atomic E-state index is 11.5. The van der Waals surface area contributed by atoms with E-state index in [0.717, 1.165) is 62.4 Å². The van der Waals surface area contributed by atoms with Gasteiger partial charge in [0, 0.05) is 43.5 Å². The summed E-state index contributed by atoms with van der Waals surface area (Å²) < 4.78 is 0. The van der Waals surface area contributed by atoms with Gasteiger partial charge in [0.25, 0.3) is 0 Å². The molecule has 1 atom stereocenters. The summed E-state index contributed by atoms with van der Waals surface area (Å²) >= 11 is 6.02. The molecule has 2 heterocycles. The van der Waals surface area contributed by atoms with E-state index in [1.54, 1.807) is 19.1 Å². The van der Waals surface area contributed by atoms with Crippen LogP contribution in [0.3, 0.4) is 0 Å². The molecular weight excluding hydrogens is 423 g/mol. The van der Waals surface area contributed by atoms with Crippen LogP contribution in [-0.2, 0) is 11.2 Å². The molecule has 2 aromatic rings. The third-order valence-electron chi connectivity index (χ3n) is 4.96. The van der Waals surface area contributed by atoms with Crippen molar-refractivity contribution in [3.63, 3.8) is 0 Å². The minimum atomic E-state index is 0. The van der Waals surface area contributed by atoms with Crippen LogP contribution in [0.5, 0.6) is 0 Å². The number of hydrogen-bond donors (Lipinski definition) is 3. The van der Waals surface area contributed by atoms with Crippen LogP contribution in [0.4, 0.5) is 23.1 Å². The lowest BCUT2D eigenvalue weighted by molar-refractivity contribution is -0.119. The molecule has 0 bridgehead atoms. The smallest absolute Gasteiger partial charge is 0.229 e. The fourth-order valence-electron chi connectivity index (χ4n) is 3.53. The third kappa shape index (κ3) is 6.64. The maximum Gasteiger partial charge on any atom is 0.229 e. The number of anilines is 4. The van der Waals surface area contributed by atoms with Gasteiger partial charge in [0.15, 0.2) is 0 Å². The number of rotatable bonds is 7. The molecule has 164 valence electrons. The number of aromatic nitrogens is 2. The molecule has 1 aliphatic heterocycles. The van der Waals surface area contributed by atoms with Crippen molar-refractivity contribution in [2.24, 2.45) is 0 Å². The molecule has 1 amide bonds. The van der Waals surface area contributed by atoms with E-state index >= 15 is 0 Å². The average Bonchev–Trinajstić information content (AvgIpc) is 2.69. The van der Waals surface area contributed by atoms with Gasteiger partial charge in [0.05, 0.1) is 10.7 Å². The summed E-state index contributed by atoms with van der Waals surface area (Å²) in [5.41, 5.74) is 8.22. The van der Waals surface area contributed by atoms with Gasteiger partial charge in [-0.2, -0.15) is 4.98 Å². The van der Waals surface area contributed by atoms with Gasteiger partial charge < -0.3 is 21.3 Å². The number of nitrogens with one attached hydrogen (secondary N) is 2. The van der Waals surface area contributed by atoms with Crippen molar-refractivity contribution in [2.75, 3.05) is 29.0 Å². The number of unbranched alkanes of at least 4 members (excludes halogenated alkanes) is 1. The van der Waals surface area contributed by atoms with E-state index in [-0.39, 0.29) is 24.4 Å². The van der Waals surface area contributed by atoms with Gasteiger partial charge in [-0.05, 0) is 43.9 Å². The van der Waals surface area contributed by atoms with Gasteiger partial charge in [0.2, 0.25) is 11.9 Å². The Labute approximate surface area is 189 Å². The van der Waals surface area contributed by atoms with Gasteiger partial charge >= 0.3 is 0 Å². The molecule has 0 unspecified atom stereocenters. The van der Waals surface area contributed by atoms with Crippen molar-refractivity contribution in [1.82, 2.24) is 15.3 Å². The third-order valence-corrected chi connectivity index (χ3v) is 5.30. The van der Waals surface area contributed by atoms with E-state index in [1.807, 2.05) is 6.07 Å². The van der Waals surface area contributed by atoms with Crippen molar-refractivity contribution in [2.45, 2.75) is 52.0 Å². The van der Waals surface area contributed by atoms with Crippen LogP contribution in [0.1, 0.15) is 45.2 Å². The number of nitrogens with zero attached hydrogens (tertiary/aromatic N) is 3. The predicted molar refractivity (Wildman–Crippen MR) is 126 cm³/mol. The van der Waals surface area contributed by atoms with E-state index < -0.39 is 0 Å². The summed E-state index contributed by atoms with van der Waals surface area (Å²) in [7, 11) is 0. The van der Waals surface area contributed by atoms with E-state index in [2.05, 4.69) is 33.5 Å². The van der Waals surface area contributed by atoms with Crippen LogP contribution >= 0.6 is 24.0 Å². The normalized spacial score (nSPS) is 16.0. The number of carbonyl (C=O) groups is 1. The molecule has 0 saturated carbocycles. The molecule has 0 radical (unpaired) electrons. The van der Waals surface area contributed by atoms with Crippen molar-refractivity contribution in [1.29, 1.82) is 0 Å². The van der Waals surface area contributed by atoms with Crippen molar-refractivity contribution in [3.8, 4) is 0 Å². The number of nitrogen functional groups attached to an aromatic ring is 1. The second-order valence-corrected chi connectivity index (χ2v) is 7.90. The molecule has 1 fully saturated rings. The highest BCUT2D eigenvalue weighted by Crippen LogP contribution is 2.26. The first kappa shape index (κ1) is 24.0. The quantitative estimate of drug-likeness (QED) is 0.541. The number of amides is 1. The highest BCUT2D eigenvalue weighted by atomic mass is 35.5. The fraction of sp³-hybridized carbons (Fsp3) is 0.476. The Morgan fingerprint density at radius 2 is 2.13 bits per heavy atom. The van der Waals surface area contributed by atoms with Crippen molar-refractivity contribution >= 4 is 53.1 Å². The standard InChI is InChI=1S/C21H29ClN6O.ClH/c1-3-4-6-15-12-20(28-10-5-7-17(13-28)24-14(2)29)27-21(25-15)26-16-8-9-18(22)19(23)11-16;/h8-9,11-12,17H,3-7,10,13,23H2,1-2H3,(H,24,29)(H,25,26,27);1H/t17-;/m1./s1. The molecule has 4 N–H and O–H groups in total. The van der Waals surface area contributed by atoms with Crippen molar-refractivity contribution in [3.05, 3.63) is 35.0 Å². The van der Waals surface area contributed by atoms with Crippen molar-refractivity contribution < 1.29 is 4.79 Å². The summed E-state index contributed by atoms with van der Waals surface area (Å²) in [5, 5.41) is 6.80. The lowest BCUT2D eigenvalue weighted by Crippen LogP contribution is -2.47. The molecule has 30 heavy (non-hydrogen) atoms. The molecule has 0 spiro atoms. The van der Waals surface area contributed by atoms with Gasteiger partial charge in [-0.1, -0.05) is 24.9 Å². The molecule has 1 saturated heterocycles. The van der Waals surface area contributed by atoms with E-state index in [9.17, 15) is 4.79 Å². The molecule has 0 aliphatic carbocycles. The van der Waals surface area contributed by atoms with Gasteiger partial charge in [-0.3, -0.25) is 4.79 Å². The van der Waals surface area contributed by atoms with Crippen LogP contribution in [0.2, 0.25) is 5.02 Å². The fourth-order valence-corrected chi connectivity index (χ4v) is 3.65. The topological polar surface area (TPSA) is 96.2 Å². The summed E-state index contributed by atoms with van der Waals surface area (Å²) in [6.45, 7) is 5.39. The summed E-state index contributed by atoms with van der Waals surface area (Å²) in [6.07, 6.45) is 5.06.